The monoisotopic (exact) mass is 268 g/mol. The molecule has 1 aromatic rings. The second kappa shape index (κ2) is 5.86. The third kappa shape index (κ3) is 3.22. The summed E-state index contributed by atoms with van der Waals surface area (Å²) in [6, 6.07) is 1.15. The van der Waals surface area contributed by atoms with E-state index in [1.54, 1.807) is 5.38 Å². The van der Waals surface area contributed by atoms with Crippen LogP contribution in [0.1, 0.15) is 36.0 Å². The minimum absolute atomic E-state index is 0.133. The number of hydrogen-bond donors (Lipinski definition) is 3. The summed E-state index contributed by atoms with van der Waals surface area (Å²) < 4.78 is 0. The fraction of sp³-hybridized carbons (Fsp3) is 0.500. The lowest BCUT2D eigenvalue weighted by Crippen LogP contribution is -2.31. The van der Waals surface area contributed by atoms with Crippen LogP contribution in [0.2, 0.25) is 0 Å². The molecule has 1 aliphatic rings. The number of carbonyl (C=O) groups excluding carboxylic acids is 1. The second-order valence-electron chi connectivity index (χ2n) is 4.44. The molecule has 1 aromatic heterocycles. The highest BCUT2D eigenvalue weighted by Gasteiger charge is 2.17. The molecule has 1 fully saturated rings. The van der Waals surface area contributed by atoms with Crippen molar-refractivity contribution in [2.45, 2.75) is 25.7 Å². The fourth-order valence-electron chi connectivity index (χ4n) is 1.89. The summed E-state index contributed by atoms with van der Waals surface area (Å²) in [5.74, 6) is -0.275. The van der Waals surface area contributed by atoms with Crippen molar-refractivity contribution in [3.63, 3.8) is 0 Å². The van der Waals surface area contributed by atoms with E-state index in [1.165, 1.54) is 36.7 Å². The summed E-state index contributed by atoms with van der Waals surface area (Å²) in [5, 5.41) is 16.2. The number of carboxylic acids is 1. The molecule has 0 bridgehead atoms. The molecule has 0 radical (unpaired) electrons. The summed E-state index contributed by atoms with van der Waals surface area (Å²) in [6.45, 7) is 0.643. The summed E-state index contributed by atoms with van der Waals surface area (Å²) in [6.07, 6.45) is 4.83. The molecule has 1 saturated carbocycles. The first kappa shape index (κ1) is 12.9. The molecule has 1 heterocycles. The van der Waals surface area contributed by atoms with Gasteiger partial charge in [-0.3, -0.25) is 5.32 Å². The molecule has 0 atom stereocenters. The van der Waals surface area contributed by atoms with Gasteiger partial charge in [0.05, 0.1) is 5.56 Å². The van der Waals surface area contributed by atoms with E-state index < -0.39 is 5.97 Å². The zero-order chi connectivity index (χ0) is 13.0. The number of urea groups is 1. The van der Waals surface area contributed by atoms with E-state index >= 15 is 0 Å². The van der Waals surface area contributed by atoms with E-state index in [4.69, 9.17) is 5.11 Å². The van der Waals surface area contributed by atoms with E-state index in [2.05, 4.69) is 10.6 Å². The first-order valence-corrected chi connectivity index (χ1v) is 6.90. The minimum atomic E-state index is -1.03. The highest BCUT2D eigenvalue weighted by atomic mass is 32.1. The third-order valence-corrected chi connectivity index (χ3v) is 4.02. The fourth-order valence-corrected chi connectivity index (χ4v) is 2.67. The molecular weight excluding hydrogens is 252 g/mol. The van der Waals surface area contributed by atoms with Gasteiger partial charge in [0.15, 0.2) is 0 Å². The normalized spacial score (nSPS) is 14.9. The maximum Gasteiger partial charge on any atom is 0.338 e. The Hall–Kier alpha value is -1.56. The molecule has 3 N–H and O–H groups in total. The predicted molar refractivity (Wildman–Crippen MR) is 70.3 cm³/mol. The van der Waals surface area contributed by atoms with Gasteiger partial charge in [0.2, 0.25) is 0 Å². The van der Waals surface area contributed by atoms with Gasteiger partial charge in [0.25, 0.3) is 0 Å². The standard InChI is InChI=1S/C12H16N2O3S/c15-11(16)9-5-7-18-10(9)14-12(17)13-6-4-8-2-1-3-8/h5,7-8H,1-4,6H2,(H,15,16)(H2,13,14,17). The van der Waals surface area contributed by atoms with E-state index in [-0.39, 0.29) is 11.6 Å². The zero-order valence-corrected chi connectivity index (χ0v) is 10.8. The molecular formula is C12H16N2O3S. The molecule has 0 spiro atoms. The number of anilines is 1. The van der Waals surface area contributed by atoms with Crippen LogP contribution in [0.25, 0.3) is 0 Å². The SMILES string of the molecule is O=C(NCCC1CCC1)Nc1sccc1C(=O)O. The Balaban J connectivity index is 1.75. The highest BCUT2D eigenvalue weighted by Crippen LogP contribution is 2.28. The highest BCUT2D eigenvalue weighted by molar-refractivity contribution is 7.14. The second-order valence-corrected chi connectivity index (χ2v) is 5.35. The maximum atomic E-state index is 11.6. The lowest BCUT2D eigenvalue weighted by Gasteiger charge is -2.25. The van der Waals surface area contributed by atoms with Gasteiger partial charge in [-0.1, -0.05) is 19.3 Å². The van der Waals surface area contributed by atoms with Crippen LogP contribution >= 0.6 is 11.3 Å². The number of hydrogen-bond acceptors (Lipinski definition) is 3. The van der Waals surface area contributed by atoms with Gasteiger partial charge in [-0.2, -0.15) is 0 Å². The Morgan fingerprint density at radius 3 is 2.83 bits per heavy atom. The Bertz CT molecular complexity index is 440. The zero-order valence-electron chi connectivity index (χ0n) is 9.94. The van der Waals surface area contributed by atoms with Crippen molar-refractivity contribution in [2.24, 2.45) is 5.92 Å². The Morgan fingerprint density at radius 2 is 2.22 bits per heavy atom. The van der Waals surface area contributed by atoms with Crippen molar-refractivity contribution in [3.8, 4) is 0 Å². The third-order valence-electron chi connectivity index (χ3n) is 3.19. The van der Waals surface area contributed by atoms with Crippen molar-refractivity contribution >= 4 is 28.3 Å². The first-order chi connectivity index (χ1) is 8.66. The molecule has 0 aromatic carbocycles. The van der Waals surface area contributed by atoms with Crippen molar-refractivity contribution < 1.29 is 14.7 Å². The van der Waals surface area contributed by atoms with Gasteiger partial charge in [-0.05, 0) is 23.8 Å². The molecule has 98 valence electrons. The molecule has 0 saturated heterocycles. The maximum absolute atomic E-state index is 11.6. The summed E-state index contributed by atoms with van der Waals surface area (Å²) in [7, 11) is 0. The van der Waals surface area contributed by atoms with E-state index in [0.29, 0.717) is 11.5 Å². The van der Waals surface area contributed by atoms with Crippen LogP contribution in [0.3, 0.4) is 0 Å². The number of nitrogens with one attached hydrogen (secondary N) is 2. The molecule has 1 aliphatic carbocycles. The molecule has 0 unspecified atom stereocenters. The van der Waals surface area contributed by atoms with Crippen molar-refractivity contribution in [3.05, 3.63) is 17.0 Å². The largest absolute Gasteiger partial charge is 0.478 e. The number of aromatic carboxylic acids is 1. The average molecular weight is 268 g/mol. The quantitative estimate of drug-likeness (QED) is 0.768. The average Bonchev–Trinajstić information content (AvgIpc) is 2.69. The smallest absolute Gasteiger partial charge is 0.338 e. The van der Waals surface area contributed by atoms with Crippen LogP contribution in [0.5, 0.6) is 0 Å². The van der Waals surface area contributed by atoms with Crippen LogP contribution in [0.15, 0.2) is 11.4 Å². The van der Waals surface area contributed by atoms with Crippen molar-refractivity contribution in [2.75, 3.05) is 11.9 Å². The molecule has 0 aliphatic heterocycles. The molecule has 2 rings (SSSR count). The lowest BCUT2D eigenvalue weighted by atomic mass is 9.83. The van der Waals surface area contributed by atoms with Gasteiger partial charge in [0.1, 0.15) is 5.00 Å². The lowest BCUT2D eigenvalue weighted by molar-refractivity contribution is 0.0698. The first-order valence-electron chi connectivity index (χ1n) is 6.02. The number of thiophene rings is 1. The van der Waals surface area contributed by atoms with Gasteiger partial charge < -0.3 is 10.4 Å². The summed E-state index contributed by atoms with van der Waals surface area (Å²) >= 11 is 1.21. The van der Waals surface area contributed by atoms with Crippen LogP contribution in [0.4, 0.5) is 9.80 Å². The topological polar surface area (TPSA) is 78.4 Å². The molecule has 18 heavy (non-hydrogen) atoms. The summed E-state index contributed by atoms with van der Waals surface area (Å²) in [5.41, 5.74) is 0.133. The van der Waals surface area contributed by atoms with Crippen molar-refractivity contribution in [1.82, 2.24) is 5.32 Å². The van der Waals surface area contributed by atoms with Crippen molar-refractivity contribution in [1.29, 1.82) is 0 Å². The van der Waals surface area contributed by atoms with Gasteiger partial charge in [-0.25, -0.2) is 9.59 Å². The number of amides is 2. The van der Waals surface area contributed by atoms with Gasteiger partial charge in [0, 0.05) is 6.54 Å². The molecule has 6 heteroatoms. The number of rotatable bonds is 5. The van der Waals surface area contributed by atoms with Gasteiger partial charge in [-0.15, -0.1) is 11.3 Å². The van der Waals surface area contributed by atoms with Crippen LogP contribution in [-0.4, -0.2) is 23.7 Å². The van der Waals surface area contributed by atoms with Crippen LogP contribution in [0, 0.1) is 5.92 Å². The van der Waals surface area contributed by atoms with E-state index in [9.17, 15) is 9.59 Å². The Kier molecular flexibility index (Phi) is 4.19. The minimum Gasteiger partial charge on any atom is -0.478 e. The van der Waals surface area contributed by atoms with Crippen LogP contribution in [-0.2, 0) is 0 Å². The molecule has 2 amide bonds. The number of carboxylic acid groups (broad SMARTS) is 1. The van der Waals surface area contributed by atoms with E-state index in [0.717, 1.165) is 12.3 Å². The Morgan fingerprint density at radius 1 is 1.44 bits per heavy atom. The van der Waals surface area contributed by atoms with E-state index in [1.807, 2.05) is 0 Å². The predicted octanol–water partition coefficient (Wildman–Crippen LogP) is 2.76. The number of carbonyl (C=O) groups is 2. The van der Waals surface area contributed by atoms with Crippen LogP contribution < -0.4 is 10.6 Å². The van der Waals surface area contributed by atoms with Gasteiger partial charge >= 0.3 is 12.0 Å². The molecule has 5 nitrogen and oxygen atoms in total. The summed E-state index contributed by atoms with van der Waals surface area (Å²) in [4.78, 5) is 22.4. The Labute approximate surface area is 109 Å².